The molecule has 1 aliphatic heterocycles. The summed E-state index contributed by atoms with van der Waals surface area (Å²) in [5, 5.41) is 3.42. The molecule has 2 aromatic rings. The van der Waals surface area contributed by atoms with Crippen LogP contribution < -0.4 is 10.1 Å². The number of nitrogens with zero attached hydrogens (tertiary/aromatic N) is 1. The molecular weight excluding hydrogens is 226 g/mol. The van der Waals surface area contributed by atoms with Crippen molar-refractivity contribution in [2.75, 3.05) is 19.7 Å². The SMILES string of the molecule is CCOc1ccc2nc(C3CCCNC3)[nH]c2c1. The molecule has 0 saturated carbocycles. The summed E-state index contributed by atoms with van der Waals surface area (Å²) in [4.78, 5) is 8.12. The van der Waals surface area contributed by atoms with E-state index in [-0.39, 0.29) is 0 Å². The van der Waals surface area contributed by atoms with Crippen LogP contribution in [0.4, 0.5) is 0 Å². The van der Waals surface area contributed by atoms with Gasteiger partial charge in [-0.3, -0.25) is 0 Å². The first-order chi connectivity index (χ1) is 8.86. The summed E-state index contributed by atoms with van der Waals surface area (Å²) in [6.07, 6.45) is 2.44. The van der Waals surface area contributed by atoms with Crippen LogP contribution in [0.1, 0.15) is 31.5 Å². The van der Waals surface area contributed by atoms with Crippen molar-refractivity contribution in [3.05, 3.63) is 24.0 Å². The van der Waals surface area contributed by atoms with Crippen molar-refractivity contribution in [2.24, 2.45) is 0 Å². The Kier molecular flexibility index (Phi) is 3.19. The Labute approximate surface area is 107 Å². The third kappa shape index (κ3) is 2.20. The molecule has 96 valence electrons. The average molecular weight is 245 g/mol. The van der Waals surface area contributed by atoms with E-state index >= 15 is 0 Å². The van der Waals surface area contributed by atoms with Crippen LogP contribution in [-0.4, -0.2) is 29.7 Å². The molecule has 18 heavy (non-hydrogen) atoms. The van der Waals surface area contributed by atoms with Crippen LogP contribution in [0.2, 0.25) is 0 Å². The third-order valence-electron chi connectivity index (χ3n) is 3.47. The van der Waals surface area contributed by atoms with Gasteiger partial charge in [-0.2, -0.15) is 0 Å². The summed E-state index contributed by atoms with van der Waals surface area (Å²) >= 11 is 0. The van der Waals surface area contributed by atoms with Crippen LogP contribution in [0, 0.1) is 0 Å². The van der Waals surface area contributed by atoms with E-state index in [0.717, 1.165) is 35.7 Å². The first kappa shape index (κ1) is 11.5. The van der Waals surface area contributed by atoms with E-state index in [2.05, 4.69) is 15.3 Å². The molecule has 1 atom stereocenters. The summed E-state index contributed by atoms with van der Waals surface area (Å²) in [6, 6.07) is 6.04. The maximum absolute atomic E-state index is 5.51. The highest BCUT2D eigenvalue weighted by Gasteiger charge is 2.18. The summed E-state index contributed by atoms with van der Waals surface area (Å²) < 4.78 is 5.51. The van der Waals surface area contributed by atoms with Crippen molar-refractivity contribution in [1.29, 1.82) is 0 Å². The molecule has 0 spiro atoms. The molecule has 2 heterocycles. The Hall–Kier alpha value is -1.55. The van der Waals surface area contributed by atoms with E-state index in [0.29, 0.717) is 12.5 Å². The van der Waals surface area contributed by atoms with Gasteiger partial charge in [-0.15, -0.1) is 0 Å². The Bertz CT molecular complexity index is 529. The van der Waals surface area contributed by atoms with Crippen molar-refractivity contribution in [2.45, 2.75) is 25.7 Å². The number of H-pyrrole nitrogens is 1. The van der Waals surface area contributed by atoms with Gasteiger partial charge in [-0.05, 0) is 38.4 Å². The highest BCUT2D eigenvalue weighted by atomic mass is 16.5. The van der Waals surface area contributed by atoms with Crippen LogP contribution in [0.3, 0.4) is 0 Å². The molecule has 1 aromatic heterocycles. The Morgan fingerprint density at radius 1 is 1.44 bits per heavy atom. The number of aromatic amines is 1. The van der Waals surface area contributed by atoms with Crippen LogP contribution in [0.25, 0.3) is 11.0 Å². The second-order valence-electron chi connectivity index (χ2n) is 4.78. The molecular formula is C14H19N3O. The zero-order chi connectivity index (χ0) is 12.4. The Balaban J connectivity index is 1.89. The minimum absolute atomic E-state index is 0.515. The molecule has 0 radical (unpaired) electrons. The second-order valence-corrected chi connectivity index (χ2v) is 4.78. The van der Waals surface area contributed by atoms with Crippen molar-refractivity contribution in [3.63, 3.8) is 0 Å². The van der Waals surface area contributed by atoms with Crippen LogP contribution >= 0.6 is 0 Å². The van der Waals surface area contributed by atoms with Crippen LogP contribution in [-0.2, 0) is 0 Å². The maximum atomic E-state index is 5.51. The molecule has 1 aliphatic rings. The lowest BCUT2D eigenvalue weighted by Gasteiger charge is -2.20. The van der Waals surface area contributed by atoms with E-state index in [4.69, 9.17) is 4.74 Å². The van der Waals surface area contributed by atoms with Gasteiger partial charge in [-0.25, -0.2) is 4.98 Å². The number of hydrogen-bond acceptors (Lipinski definition) is 3. The zero-order valence-corrected chi connectivity index (χ0v) is 10.7. The average Bonchev–Trinajstić information content (AvgIpc) is 2.83. The monoisotopic (exact) mass is 245 g/mol. The number of benzene rings is 1. The fourth-order valence-corrected chi connectivity index (χ4v) is 2.54. The maximum Gasteiger partial charge on any atom is 0.121 e. The molecule has 0 amide bonds. The Morgan fingerprint density at radius 2 is 2.39 bits per heavy atom. The highest BCUT2D eigenvalue weighted by molar-refractivity contribution is 5.76. The normalized spacial score (nSPS) is 20.2. The van der Waals surface area contributed by atoms with Gasteiger partial charge in [-0.1, -0.05) is 0 Å². The molecule has 1 aromatic carbocycles. The Morgan fingerprint density at radius 3 is 3.17 bits per heavy atom. The number of hydrogen-bond donors (Lipinski definition) is 2. The molecule has 1 fully saturated rings. The molecule has 1 unspecified atom stereocenters. The van der Waals surface area contributed by atoms with Crippen LogP contribution in [0.15, 0.2) is 18.2 Å². The molecule has 0 bridgehead atoms. The van der Waals surface area contributed by atoms with E-state index < -0.39 is 0 Å². The van der Waals surface area contributed by atoms with Gasteiger partial charge < -0.3 is 15.0 Å². The number of ether oxygens (including phenoxy) is 1. The summed E-state index contributed by atoms with van der Waals surface area (Å²) in [7, 11) is 0. The van der Waals surface area contributed by atoms with E-state index in [9.17, 15) is 0 Å². The number of rotatable bonds is 3. The third-order valence-corrected chi connectivity index (χ3v) is 3.47. The standard InChI is InChI=1S/C14H19N3O/c1-2-18-11-5-6-12-13(8-11)17-14(16-12)10-4-3-7-15-9-10/h5-6,8,10,15H,2-4,7,9H2,1H3,(H,16,17). The minimum Gasteiger partial charge on any atom is -0.494 e. The van der Waals surface area contributed by atoms with Crippen molar-refractivity contribution in [1.82, 2.24) is 15.3 Å². The fourth-order valence-electron chi connectivity index (χ4n) is 2.54. The predicted molar refractivity (Wildman–Crippen MR) is 72.1 cm³/mol. The van der Waals surface area contributed by atoms with E-state index in [1.54, 1.807) is 0 Å². The van der Waals surface area contributed by atoms with E-state index in [1.807, 2.05) is 25.1 Å². The van der Waals surface area contributed by atoms with Gasteiger partial charge >= 0.3 is 0 Å². The van der Waals surface area contributed by atoms with E-state index in [1.165, 1.54) is 12.8 Å². The number of imidazole rings is 1. The fraction of sp³-hybridized carbons (Fsp3) is 0.500. The smallest absolute Gasteiger partial charge is 0.121 e. The minimum atomic E-state index is 0.515. The largest absolute Gasteiger partial charge is 0.494 e. The summed E-state index contributed by atoms with van der Waals surface area (Å²) in [5.41, 5.74) is 2.10. The molecule has 1 saturated heterocycles. The van der Waals surface area contributed by atoms with Gasteiger partial charge in [0, 0.05) is 18.5 Å². The lowest BCUT2D eigenvalue weighted by Crippen LogP contribution is -2.28. The van der Waals surface area contributed by atoms with Gasteiger partial charge in [0.25, 0.3) is 0 Å². The molecule has 2 N–H and O–H groups in total. The number of piperidine rings is 1. The second kappa shape index (κ2) is 4.98. The number of nitrogens with one attached hydrogen (secondary N) is 2. The lowest BCUT2D eigenvalue weighted by molar-refractivity contribution is 0.340. The summed E-state index contributed by atoms with van der Waals surface area (Å²) in [6.45, 7) is 4.85. The summed E-state index contributed by atoms with van der Waals surface area (Å²) in [5.74, 6) is 2.52. The molecule has 0 aliphatic carbocycles. The van der Waals surface area contributed by atoms with Gasteiger partial charge in [0.2, 0.25) is 0 Å². The number of fused-ring (bicyclic) bond motifs is 1. The van der Waals surface area contributed by atoms with Crippen molar-refractivity contribution >= 4 is 11.0 Å². The molecule has 4 heteroatoms. The van der Waals surface area contributed by atoms with Gasteiger partial charge in [0.15, 0.2) is 0 Å². The number of aromatic nitrogens is 2. The quantitative estimate of drug-likeness (QED) is 0.873. The van der Waals surface area contributed by atoms with Crippen molar-refractivity contribution in [3.8, 4) is 5.75 Å². The van der Waals surface area contributed by atoms with Gasteiger partial charge in [0.05, 0.1) is 17.6 Å². The van der Waals surface area contributed by atoms with Crippen LogP contribution in [0.5, 0.6) is 5.75 Å². The first-order valence-electron chi connectivity index (χ1n) is 6.70. The van der Waals surface area contributed by atoms with Crippen molar-refractivity contribution < 1.29 is 4.74 Å². The topological polar surface area (TPSA) is 49.9 Å². The highest BCUT2D eigenvalue weighted by Crippen LogP contribution is 2.25. The van der Waals surface area contributed by atoms with Gasteiger partial charge in [0.1, 0.15) is 11.6 Å². The first-order valence-corrected chi connectivity index (χ1v) is 6.70. The molecule has 3 rings (SSSR count). The molecule has 4 nitrogen and oxygen atoms in total. The lowest BCUT2D eigenvalue weighted by atomic mass is 9.99. The zero-order valence-electron chi connectivity index (χ0n) is 10.7. The predicted octanol–water partition coefficient (Wildman–Crippen LogP) is 2.43.